The van der Waals surface area contributed by atoms with Gasteiger partial charge in [0.15, 0.2) is 11.8 Å². The Morgan fingerprint density at radius 3 is 2.50 bits per heavy atom. The lowest BCUT2D eigenvalue weighted by Crippen LogP contribution is -2.53. The van der Waals surface area contributed by atoms with Crippen LogP contribution < -0.4 is 10.2 Å². The summed E-state index contributed by atoms with van der Waals surface area (Å²) in [6, 6.07) is 7.50. The van der Waals surface area contributed by atoms with Gasteiger partial charge in [-0.2, -0.15) is 0 Å². The van der Waals surface area contributed by atoms with Crippen LogP contribution in [0.5, 0.6) is 0 Å². The van der Waals surface area contributed by atoms with Crippen molar-refractivity contribution in [1.29, 1.82) is 0 Å². The van der Waals surface area contributed by atoms with E-state index in [0.29, 0.717) is 18.3 Å². The Balaban J connectivity index is 0.00000225. The Hall–Kier alpha value is -1.91. The van der Waals surface area contributed by atoms with Crippen LogP contribution >= 0.6 is 24.0 Å². The van der Waals surface area contributed by atoms with Gasteiger partial charge in [-0.25, -0.2) is 9.38 Å². The van der Waals surface area contributed by atoms with Crippen molar-refractivity contribution < 1.29 is 4.39 Å². The average molecular weight is 499 g/mol. The second-order valence-corrected chi connectivity index (χ2v) is 7.21. The maximum Gasteiger partial charge on any atom is 0.194 e. The van der Waals surface area contributed by atoms with Gasteiger partial charge in [0, 0.05) is 39.3 Å². The minimum absolute atomic E-state index is 0. The number of rotatable bonds is 4. The van der Waals surface area contributed by atoms with E-state index in [9.17, 15) is 4.39 Å². The summed E-state index contributed by atoms with van der Waals surface area (Å²) >= 11 is 0. The topological polar surface area (TPSA) is 61.6 Å². The molecule has 0 atom stereocenters. The van der Waals surface area contributed by atoms with E-state index in [4.69, 9.17) is 4.99 Å². The first-order valence-electron chi connectivity index (χ1n) is 9.52. The van der Waals surface area contributed by atoms with Crippen LogP contribution in [-0.4, -0.2) is 57.8 Å². The zero-order valence-electron chi connectivity index (χ0n) is 16.3. The van der Waals surface area contributed by atoms with Gasteiger partial charge in [0.1, 0.15) is 18.2 Å². The normalized spacial score (nSPS) is 17.5. The number of anilines is 1. The maximum absolute atomic E-state index is 14.1. The van der Waals surface area contributed by atoms with E-state index < -0.39 is 0 Å². The van der Waals surface area contributed by atoms with E-state index in [2.05, 4.69) is 25.3 Å². The number of nitrogens with one attached hydrogen (secondary N) is 1. The van der Waals surface area contributed by atoms with Gasteiger partial charge >= 0.3 is 0 Å². The first-order chi connectivity index (χ1) is 13.1. The summed E-state index contributed by atoms with van der Waals surface area (Å²) < 4.78 is 16.0. The van der Waals surface area contributed by atoms with Gasteiger partial charge < -0.3 is 19.7 Å². The lowest BCUT2D eigenvalue weighted by molar-refractivity contribution is 0.369. The average Bonchev–Trinajstić information content (AvgIpc) is 3.45. The molecule has 2 aromatic rings. The second kappa shape index (κ2) is 9.06. The summed E-state index contributed by atoms with van der Waals surface area (Å²) in [6.45, 7) is 5.60. The highest BCUT2D eigenvalue weighted by Gasteiger charge is 2.27. The molecule has 2 heterocycles. The largest absolute Gasteiger partial charge is 0.366 e. The predicted molar refractivity (Wildman–Crippen MR) is 119 cm³/mol. The summed E-state index contributed by atoms with van der Waals surface area (Å²) in [6.07, 6.45) is 2.38. The van der Waals surface area contributed by atoms with Gasteiger partial charge in [-0.15, -0.1) is 34.2 Å². The lowest BCUT2D eigenvalue weighted by atomic mass is 10.2. The summed E-state index contributed by atoms with van der Waals surface area (Å²) in [4.78, 5) is 9.17. The fraction of sp³-hybridized carbons (Fsp3) is 0.526. The number of aliphatic imine (C=N–C) groups is 1. The molecule has 28 heavy (non-hydrogen) atoms. The molecule has 0 bridgehead atoms. The third-order valence-electron chi connectivity index (χ3n) is 5.24. The van der Waals surface area contributed by atoms with Crippen molar-refractivity contribution in [3.05, 3.63) is 41.7 Å². The van der Waals surface area contributed by atoms with Crippen LogP contribution in [0.15, 0.2) is 29.3 Å². The van der Waals surface area contributed by atoms with Crippen LogP contribution in [0, 0.1) is 12.7 Å². The fourth-order valence-corrected chi connectivity index (χ4v) is 3.25. The molecule has 152 valence electrons. The Morgan fingerprint density at radius 1 is 1.18 bits per heavy atom. The SMILES string of the molecule is Cc1nnc(CN=C(NC2CC2)N2CCN(c3ccccc3F)CC2)n1C.I. The molecule has 2 aliphatic rings. The number of aromatic nitrogens is 3. The number of halogens is 2. The maximum atomic E-state index is 14.1. The number of piperazine rings is 1. The monoisotopic (exact) mass is 499 g/mol. The molecule has 0 amide bonds. The zero-order chi connectivity index (χ0) is 18.8. The minimum atomic E-state index is -0.159. The van der Waals surface area contributed by atoms with E-state index >= 15 is 0 Å². The number of benzene rings is 1. The highest BCUT2D eigenvalue weighted by Crippen LogP contribution is 2.22. The van der Waals surface area contributed by atoms with Crippen molar-refractivity contribution in [1.82, 2.24) is 25.0 Å². The molecule has 1 aromatic carbocycles. The summed E-state index contributed by atoms with van der Waals surface area (Å²) in [5, 5.41) is 11.8. The van der Waals surface area contributed by atoms with E-state index in [0.717, 1.165) is 43.8 Å². The van der Waals surface area contributed by atoms with Crippen molar-refractivity contribution in [2.75, 3.05) is 31.1 Å². The second-order valence-electron chi connectivity index (χ2n) is 7.21. The fourth-order valence-electron chi connectivity index (χ4n) is 3.25. The van der Waals surface area contributed by atoms with E-state index in [1.165, 1.54) is 18.9 Å². The summed E-state index contributed by atoms with van der Waals surface area (Å²) in [5.74, 6) is 2.50. The standard InChI is InChI=1S/C19H26FN7.HI/c1-14-23-24-18(25(14)2)13-21-19(22-15-7-8-15)27-11-9-26(10-12-27)17-6-4-3-5-16(17)20;/h3-6,15H,7-13H2,1-2H3,(H,21,22);1H. The van der Waals surface area contributed by atoms with Gasteiger partial charge in [-0.05, 0) is 31.9 Å². The molecule has 4 rings (SSSR count). The van der Waals surface area contributed by atoms with Gasteiger partial charge in [-0.3, -0.25) is 0 Å². The van der Waals surface area contributed by atoms with Crippen LogP contribution in [0.1, 0.15) is 24.5 Å². The van der Waals surface area contributed by atoms with Crippen LogP contribution in [-0.2, 0) is 13.6 Å². The van der Waals surface area contributed by atoms with E-state index in [1.807, 2.05) is 30.7 Å². The van der Waals surface area contributed by atoms with Crippen molar-refractivity contribution in [2.24, 2.45) is 12.0 Å². The molecule has 1 saturated carbocycles. The number of aryl methyl sites for hydroxylation is 1. The molecule has 1 aliphatic carbocycles. The summed E-state index contributed by atoms with van der Waals surface area (Å²) in [5.41, 5.74) is 0.681. The molecule has 7 nitrogen and oxygen atoms in total. The van der Waals surface area contributed by atoms with Crippen molar-refractivity contribution in [2.45, 2.75) is 32.4 Å². The molecular weight excluding hydrogens is 472 g/mol. The van der Waals surface area contributed by atoms with Crippen molar-refractivity contribution in [3.63, 3.8) is 0 Å². The van der Waals surface area contributed by atoms with Crippen molar-refractivity contribution in [3.8, 4) is 0 Å². The quantitative estimate of drug-likeness (QED) is 0.398. The molecule has 1 saturated heterocycles. The number of nitrogens with zero attached hydrogens (tertiary/aromatic N) is 6. The Bertz CT molecular complexity index is 825. The lowest BCUT2D eigenvalue weighted by Gasteiger charge is -2.38. The van der Waals surface area contributed by atoms with Crippen molar-refractivity contribution >= 4 is 35.6 Å². The molecule has 9 heteroatoms. The number of para-hydroxylation sites is 1. The molecule has 1 aromatic heterocycles. The molecule has 0 unspecified atom stereocenters. The molecular formula is C19H27FIN7. The van der Waals surface area contributed by atoms with Crippen LogP contribution in [0.4, 0.5) is 10.1 Å². The molecule has 1 aliphatic heterocycles. The number of hydrogen-bond donors (Lipinski definition) is 1. The predicted octanol–water partition coefficient (Wildman–Crippen LogP) is 2.31. The minimum Gasteiger partial charge on any atom is -0.366 e. The van der Waals surface area contributed by atoms with E-state index in [-0.39, 0.29) is 29.8 Å². The van der Waals surface area contributed by atoms with Gasteiger partial charge in [0.05, 0.1) is 5.69 Å². The summed E-state index contributed by atoms with van der Waals surface area (Å²) in [7, 11) is 1.96. The van der Waals surface area contributed by atoms with Gasteiger partial charge in [-0.1, -0.05) is 12.1 Å². The van der Waals surface area contributed by atoms with Gasteiger partial charge in [0.2, 0.25) is 0 Å². The molecule has 0 spiro atoms. The Kier molecular flexibility index (Phi) is 6.73. The highest BCUT2D eigenvalue weighted by atomic mass is 127. The van der Waals surface area contributed by atoms with Crippen LogP contribution in [0.3, 0.4) is 0 Å². The molecule has 2 fully saturated rings. The van der Waals surface area contributed by atoms with E-state index in [1.54, 1.807) is 6.07 Å². The van der Waals surface area contributed by atoms with Crippen LogP contribution in [0.2, 0.25) is 0 Å². The zero-order valence-corrected chi connectivity index (χ0v) is 18.6. The Labute approximate surface area is 182 Å². The number of hydrogen-bond acceptors (Lipinski definition) is 4. The van der Waals surface area contributed by atoms with Crippen LogP contribution in [0.25, 0.3) is 0 Å². The number of guanidine groups is 1. The third-order valence-corrected chi connectivity index (χ3v) is 5.24. The van der Waals surface area contributed by atoms with Gasteiger partial charge in [0.25, 0.3) is 0 Å². The highest BCUT2D eigenvalue weighted by molar-refractivity contribution is 14.0. The Morgan fingerprint density at radius 2 is 1.89 bits per heavy atom. The third kappa shape index (κ3) is 4.73. The first-order valence-corrected chi connectivity index (χ1v) is 9.52. The first kappa shape index (κ1) is 20.8. The molecule has 0 radical (unpaired) electrons. The molecule has 1 N–H and O–H groups in total. The smallest absolute Gasteiger partial charge is 0.194 e.